The summed E-state index contributed by atoms with van der Waals surface area (Å²) in [6.45, 7) is 12.9. The van der Waals surface area contributed by atoms with Gasteiger partial charge in [-0.1, -0.05) is 12.1 Å². The van der Waals surface area contributed by atoms with Crippen LogP contribution < -0.4 is 5.32 Å². The average molecular weight is 713 g/mol. The number of hydrogen-bond acceptors (Lipinski definition) is 7. The standard InChI is InChI=1S/C38H51F3N6O4/c1-37(2,3)51-36(50)46-15-13-26(14-16-46)23-44-17-19-45(20-18-44)24-28-9-12-33-32(21-28)42-35(47(33)31-10-7-27(25-48)8-11-31)43-34(49)29-5-4-6-30(22-29)38(39,40)41/h4-6,9,12,21-22,26-27,31,48H,7-8,10-11,13-20,23-25H2,1-3H3,(H,42,43,49)/t27-,31+. The number of amides is 2. The molecule has 3 heterocycles. The van der Waals surface area contributed by atoms with E-state index in [9.17, 15) is 27.9 Å². The molecule has 3 fully saturated rings. The Hall–Kier alpha value is -3.68. The number of likely N-dealkylation sites (tertiary alicyclic amines) is 1. The molecule has 0 atom stereocenters. The normalized spacial score (nSPS) is 21.6. The number of alkyl halides is 3. The van der Waals surface area contributed by atoms with Crippen molar-refractivity contribution in [3.63, 3.8) is 0 Å². The first-order valence-corrected chi connectivity index (χ1v) is 18.3. The Morgan fingerprint density at radius 3 is 2.22 bits per heavy atom. The van der Waals surface area contributed by atoms with Crippen molar-refractivity contribution in [2.45, 2.75) is 83.7 Å². The average Bonchev–Trinajstić information content (AvgIpc) is 3.45. The van der Waals surface area contributed by atoms with Gasteiger partial charge in [0, 0.05) is 70.6 Å². The van der Waals surface area contributed by atoms with E-state index in [4.69, 9.17) is 9.72 Å². The number of piperidine rings is 1. The first kappa shape index (κ1) is 37.1. The van der Waals surface area contributed by atoms with Gasteiger partial charge in [0.05, 0.1) is 16.6 Å². The Morgan fingerprint density at radius 2 is 1.57 bits per heavy atom. The Kier molecular flexibility index (Phi) is 11.3. The van der Waals surface area contributed by atoms with E-state index in [0.717, 1.165) is 120 Å². The lowest BCUT2D eigenvalue weighted by atomic mass is 9.86. The SMILES string of the molecule is CC(C)(C)OC(=O)N1CCC(CN2CCN(Cc3ccc4c(c3)nc(NC(=O)c3cccc(C(F)(F)F)c3)n4[C@H]3CC[C@@H](CO)CC3)CC2)CC1. The van der Waals surface area contributed by atoms with Crippen molar-refractivity contribution in [3.8, 4) is 0 Å². The summed E-state index contributed by atoms with van der Waals surface area (Å²) in [5.41, 5.74) is 1.26. The number of fused-ring (bicyclic) bond motifs is 1. The van der Waals surface area contributed by atoms with E-state index >= 15 is 0 Å². The van der Waals surface area contributed by atoms with Crippen molar-refractivity contribution in [2.75, 3.05) is 57.7 Å². The summed E-state index contributed by atoms with van der Waals surface area (Å²) in [6.07, 6.45) is 0.486. The van der Waals surface area contributed by atoms with Gasteiger partial charge >= 0.3 is 12.3 Å². The van der Waals surface area contributed by atoms with Crippen LogP contribution in [0.3, 0.4) is 0 Å². The van der Waals surface area contributed by atoms with Crippen LogP contribution in [0.1, 0.15) is 86.8 Å². The molecule has 3 aromatic rings. The number of imidazole rings is 1. The number of rotatable bonds is 8. The van der Waals surface area contributed by atoms with Crippen LogP contribution in [0.25, 0.3) is 11.0 Å². The zero-order valence-electron chi connectivity index (χ0n) is 29.9. The van der Waals surface area contributed by atoms with E-state index in [1.54, 1.807) is 0 Å². The number of piperazine rings is 1. The van der Waals surface area contributed by atoms with Gasteiger partial charge in [0.1, 0.15) is 5.60 Å². The van der Waals surface area contributed by atoms with Crippen molar-refractivity contribution >= 4 is 29.0 Å². The van der Waals surface area contributed by atoms with Crippen LogP contribution >= 0.6 is 0 Å². The molecule has 6 rings (SSSR count). The van der Waals surface area contributed by atoms with Crippen LogP contribution in [0, 0.1) is 11.8 Å². The van der Waals surface area contributed by atoms with Gasteiger partial charge in [0.25, 0.3) is 5.91 Å². The lowest BCUT2D eigenvalue weighted by Crippen LogP contribution is -2.49. The molecule has 3 aliphatic rings. The second kappa shape index (κ2) is 15.5. The molecule has 0 unspecified atom stereocenters. The van der Waals surface area contributed by atoms with Gasteiger partial charge in [-0.05, 0) is 107 Å². The predicted octanol–water partition coefficient (Wildman–Crippen LogP) is 6.80. The molecular weight excluding hydrogens is 661 g/mol. The number of aliphatic hydroxyl groups excluding tert-OH is 1. The number of hydrogen-bond donors (Lipinski definition) is 2. The topological polar surface area (TPSA) is 103 Å². The molecule has 2 aliphatic heterocycles. The third kappa shape index (κ3) is 9.41. The van der Waals surface area contributed by atoms with Gasteiger partial charge in [0.2, 0.25) is 5.95 Å². The Morgan fingerprint density at radius 1 is 0.882 bits per heavy atom. The van der Waals surface area contributed by atoms with Crippen molar-refractivity contribution in [1.82, 2.24) is 24.3 Å². The van der Waals surface area contributed by atoms with Gasteiger partial charge in [0.15, 0.2) is 0 Å². The Bertz CT molecular complexity index is 1660. The number of halogens is 3. The van der Waals surface area contributed by atoms with Crippen molar-refractivity contribution < 1.29 is 32.6 Å². The molecule has 0 spiro atoms. The quantitative estimate of drug-likeness (QED) is 0.265. The molecule has 1 aromatic heterocycles. The van der Waals surface area contributed by atoms with Gasteiger partial charge < -0.3 is 24.2 Å². The number of nitrogens with one attached hydrogen (secondary N) is 1. The second-order valence-electron chi connectivity index (χ2n) is 15.5. The molecule has 2 saturated heterocycles. The van der Waals surface area contributed by atoms with Crippen molar-refractivity contribution in [1.29, 1.82) is 0 Å². The number of ether oxygens (including phenoxy) is 1. The van der Waals surface area contributed by atoms with Gasteiger partial charge in [-0.2, -0.15) is 13.2 Å². The van der Waals surface area contributed by atoms with E-state index in [0.29, 0.717) is 11.9 Å². The van der Waals surface area contributed by atoms with Crippen molar-refractivity contribution in [3.05, 3.63) is 59.2 Å². The molecule has 0 radical (unpaired) electrons. The van der Waals surface area contributed by atoms with E-state index in [1.807, 2.05) is 36.3 Å². The molecule has 13 heteroatoms. The molecule has 2 amide bonds. The molecule has 278 valence electrons. The zero-order chi connectivity index (χ0) is 36.3. The maximum Gasteiger partial charge on any atom is 0.416 e. The van der Waals surface area contributed by atoms with E-state index in [-0.39, 0.29) is 30.2 Å². The third-order valence-electron chi connectivity index (χ3n) is 10.5. The summed E-state index contributed by atoms with van der Waals surface area (Å²) < 4.78 is 47.7. The summed E-state index contributed by atoms with van der Waals surface area (Å²) in [5.74, 6) is 0.481. The number of carbonyl (C=O) groups excluding carboxylic acids is 2. The molecule has 2 N–H and O–H groups in total. The lowest BCUT2D eigenvalue weighted by molar-refractivity contribution is -0.137. The highest BCUT2D eigenvalue weighted by molar-refractivity contribution is 6.04. The maximum absolute atomic E-state index is 13.4. The highest BCUT2D eigenvalue weighted by Crippen LogP contribution is 2.37. The van der Waals surface area contributed by atoms with Gasteiger partial charge in [-0.3, -0.25) is 15.0 Å². The number of carbonyl (C=O) groups is 2. The first-order chi connectivity index (χ1) is 24.3. The minimum atomic E-state index is -4.56. The fourth-order valence-electron chi connectivity index (χ4n) is 7.67. The van der Waals surface area contributed by atoms with Crippen LogP contribution in [0.2, 0.25) is 0 Å². The zero-order valence-corrected chi connectivity index (χ0v) is 29.9. The predicted molar refractivity (Wildman–Crippen MR) is 189 cm³/mol. The third-order valence-corrected chi connectivity index (χ3v) is 10.5. The van der Waals surface area contributed by atoms with Crippen LogP contribution in [0.5, 0.6) is 0 Å². The smallest absolute Gasteiger partial charge is 0.416 e. The monoisotopic (exact) mass is 712 g/mol. The summed E-state index contributed by atoms with van der Waals surface area (Å²) in [5, 5.41) is 12.5. The van der Waals surface area contributed by atoms with E-state index in [2.05, 4.69) is 27.2 Å². The summed E-state index contributed by atoms with van der Waals surface area (Å²) in [6, 6.07) is 10.7. The van der Waals surface area contributed by atoms with E-state index < -0.39 is 23.2 Å². The lowest BCUT2D eigenvalue weighted by Gasteiger charge is -2.39. The number of nitrogens with zero attached hydrogens (tertiary/aromatic N) is 5. The Labute approximate surface area is 297 Å². The van der Waals surface area contributed by atoms with Crippen LogP contribution in [-0.4, -0.2) is 99.4 Å². The second-order valence-corrected chi connectivity index (χ2v) is 15.5. The van der Waals surface area contributed by atoms with Crippen LogP contribution in [-0.2, 0) is 17.5 Å². The minimum Gasteiger partial charge on any atom is -0.444 e. The fraction of sp³-hybridized carbons (Fsp3) is 0.605. The number of anilines is 1. The summed E-state index contributed by atoms with van der Waals surface area (Å²) in [7, 11) is 0. The van der Waals surface area contributed by atoms with Crippen molar-refractivity contribution in [2.24, 2.45) is 11.8 Å². The van der Waals surface area contributed by atoms with Gasteiger partial charge in [-0.25, -0.2) is 9.78 Å². The minimum absolute atomic E-state index is 0.0399. The van der Waals surface area contributed by atoms with Gasteiger partial charge in [-0.15, -0.1) is 0 Å². The largest absolute Gasteiger partial charge is 0.444 e. The number of aliphatic hydroxyl groups is 1. The maximum atomic E-state index is 13.4. The Balaban J connectivity index is 1.09. The number of aromatic nitrogens is 2. The molecule has 51 heavy (non-hydrogen) atoms. The summed E-state index contributed by atoms with van der Waals surface area (Å²) >= 11 is 0. The highest BCUT2D eigenvalue weighted by atomic mass is 19.4. The molecule has 10 nitrogen and oxygen atoms in total. The fourth-order valence-corrected chi connectivity index (χ4v) is 7.67. The van der Waals surface area contributed by atoms with Crippen LogP contribution in [0.4, 0.5) is 23.9 Å². The molecule has 0 bridgehead atoms. The molecular formula is C38H51F3N6O4. The first-order valence-electron chi connectivity index (χ1n) is 18.3. The van der Waals surface area contributed by atoms with E-state index in [1.165, 1.54) is 12.1 Å². The molecule has 1 aliphatic carbocycles. The summed E-state index contributed by atoms with van der Waals surface area (Å²) in [4.78, 5) is 37.3. The highest BCUT2D eigenvalue weighted by Gasteiger charge is 2.32. The molecule has 1 saturated carbocycles. The number of benzene rings is 2. The van der Waals surface area contributed by atoms with Crippen LogP contribution in [0.15, 0.2) is 42.5 Å². The molecule has 2 aromatic carbocycles.